The highest BCUT2D eigenvalue weighted by molar-refractivity contribution is 7.89. The standard InChI is InChI=1S/C14H23ClN2O2S/c1-5-16-9-12-8-13(6-7-14(12)15)20(18,19)17(4)10-11(2)3/h6-8,11,16H,5,9-10H2,1-4H3. The normalized spacial score (nSPS) is 12.3. The number of nitrogens with one attached hydrogen (secondary N) is 1. The first-order valence-electron chi connectivity index (χ1n) is 6.74. The van der Waals surface area contributed by atoms with Crippen molar-refractivity contribution < 1.29 is 8.42 Å². The Balaban J connectivity index is 3.06. The molecule has 0 aromatic heterocycles. The summed E-state index contributed by atoms with van der Waals surface area (Å²) in [5.74, 6) is 0.281. The maximum Gasteiger partial charge on any atom is 0.242 e. The summed E-state index contributed by atoms with van der Waals surface area (Å²) in [5.41, 5.74) is 0.799. The molecule has 1 rings (SSSR count). The third-order valence-corrected chi connectivity index (χ3v) is 5.10. The van der Waals surface area contributed by atoms with Crippen LogP contribution in [0.3, 0.4) is 0 Å². The fourth-order valence-corrected chi connectivity index (χ4v) is 3.47. The summed E-state index contributed by atoms with van der Waals surface area (Å²) in [6, 6.07) is 4.85. The quantitative estimate of drug-likeness (QED) is 0.841. The van der Waals surface area contributed by atoms with Gasteiger partial charge in [0.2, 0.25) is 10.0 Å². The van der Waals surface area contributed by atoms with Crippen molar-refractivity contribution in [3.63, 3.8) is 0 Å². The third kappa shape index (κ3) is 4.45. The van der Waals surface area contributed by atoms with Crippen LogP contribution < -0.4 is 5.32 Å². The molecule has 0 saturated carbocycles. The van der Waals surface area contributed by atoms with Crippen molar-refractivity contribution >= 4 is 21.6 Å². The molecule has 114 valence electrons. The van der Waals surface area contributed by atoms with Gasteiger partial charge in [-0.3, -0.25) is 0 Å². The zero-order valence-corrected chi connectivity index (χ0v) is 14.1. The molecule has 4 nitrogen and oxygen atoms in total. The van der Waals surface area contributed by atoms with E-state index in [0.717, 1.165) is 12.1 Å². The van der Waals surface area contributed by atoms with Gasteiger partial charge in [-0.2, -0.15) is 0 Å². The van der Waals surface area contributed by atoms with Crippen molar-refractivity contribution in [1.82, 2.24) is 9.62 Å². The number of benzene rings is 1. The molecule has 0 aliphatic heterocycles. The Kier molecular flexibility index (Phi) is 6.45. The van der Waals surface area contributed by atoms with Crippen molar-refractivity contribution in [2.45, 2.75) is 32.2 Å². The van der Waals surface area contributed by atoms with Gasteiger partial charge in [0.05, 0.1) is 4.90 Å². The minimum absolute atomic E-state index is 0.281. The maximum absolute atomic E-state index is 12.5. The smallest absolute Gasteiger partial charge is 0.242 e. The second kappa shape index (κ2) is 7.41. The van der Waals surface area contributed by atoms with E-state index in [4.69, 9.17) is 11.6 Å². The van der Waals surface area contributed by atoms with E-state index >= 15 is 0 Å². The Bertz CT molecular complexity index is 544. The van der Waals surface area contributed by atoms with Crippen LogP contribution in [-0.4, -0.2) is 32.9 Å². The van der Waals surface area contributed by atoms with Gasteiger partial charge in [-0.05, 0) is 36.2 Å². The maximum atomic E-state index is 12.5. The molecule has 0 aliphatic rings. The monoisotopic (exact) mass is 318 g/mol. The molecule has 0 saturated heterocycles. The highest BCUT2D eigenvalue weighted by Crippen LogP contribution is 2.22. The van der Waals surface area contributed by atoms with Gasteiger partial charge in [-0.15, -0.1) is 0 Å². The van der Waals surface area contributed by atoms with Crippen LogP contribution in [-0.2, 0) is 16.6 Å². The average Bonchev–Trinajstić information content (AvgIpc) is 2.36. The van der Waals surface area contributed by atoms with Crippen molar-refractivity contribution in [2.75, 3.05) is 20.1 Å². The lowest BCUT2D eigenvalue weighted by atomic mass is 10.2. The topological polar surface area (TPSA) is 49.4 Å². The van der Waals surface area contributed by atoms with Crippen LogP contribution in [0.5, 0.6) is 0 Å². The molecule has 1 aromatic carbocycles. The van der Waals surface area contributed by atoms with Crippen LogP contribution in [0.1, 0.15) is 26.3 Å². The Morgan fingerprint density at radius 3 is 2.55 bits per heavy atom. The molecule has 0 radical (unpaired) electrons. The number of hydrogen-bond donors (Lipinski definition) is 1. The second-order valence-corrected chi connectivity index (χ2v) is 7.67. The first kappa shape index (κ1) is 17.4. The summed E-state index contributed by atoms with van der Waals surface area (Å²) in [6.07, 6.45) is 0. The van der Waals surface area contributed by atoms with Gasteiger partial charge in [0, 0.05) is 25.2 Å². The average molecular weight is 319 g/mol. The zero-order chi connectivity index (χ0) is 15.3. The molecule has 0 heterocycles. The molecule has 0 atom stereocenters. The summed E-state index contributed by atoms with van der Waals surface area (Å²) in [4.78, 5) is 0.290. The molecule has 1 N–H and O–H groups in total. The van der Waals surface area contributed by atoms with Crippen LogP contribution >= 0.6 is 11.6 Å². The molecular formula is C14H23ClN2O2S. The van der Waals surface area contributed by atoms with E-state index in [1.54, 1.807) is 25.2 Å². The van der Waals surface area contributed by atoms with Gasteiger partial charge >= 0.3 is 0 Å². The van der Waals surface area contributed by atoms with Crippen molar-refractivity contribution in [3.8, 4) is 0 Å². The van der Waals surface area contributed by atoms with E-state index in [2.05, 4.69) is 5.32 Å². The van der Waals surface area contributed by atoms with E-state index in [-0.39, 0.29) is 10.8 Å². The lowest BCUT2D eigenvalue weighted by Crippen LogP contribution is -2.30. The predicted molar refractivity (Wildman–Crippen MR) is 83.5 cm³/mol. The minimum atomic E-state index is -3.45. The van der Waals surface area contributed by atoms with E-state index in [1.165, 1.54) is 4.31 Å². The summed E-state index contributed by atoms with van der Waals surface area (Å²) in [6.45, 7) is 7.83. The lowest BCUT2D eigenvalue weighted by Gasteiger charge is -2.19. The molecular weight excluding hydrogens is 296 g/mol. The van der Waals surface area contributed by atoms with Gasteiger partial charge in [0.25, 0.3) is 0 Å². The third-order valence-electron chi connectivity index (χ3n) is 2.91. The fourth-order valence-electron chi connectivity index (χ4n) is 1.90. The van der Waals surface area contributed by atoms with Crippen LogP contribution in [0, 0.1) is 5.92 Å². The summed E-state index contributed by atoms with van der Waals surface area (Å²) in [5, 5.41) is 3.73. The molecule has 0 amide bonds. The Morgan fingerprint density at radius 1 is 1.35 bits per heavy atom. The van der Waals surface area contributed by atoms with Crippen LogP contribution in [0.4, 0.5) is 0 Å². The van der Waals surface area contributed by atoms with E-state index in [0.29, 0.717) is 18.1 Å². The molecule has 0 spiro atoms. The molecule has 0 unspecified atom stereocenters. The number of hydrogen-bond acceptors (Lipinski definition) is 3. The van der Waals surface area contributed by atoms with Crippen molar-refractivity contribution in [1.29, 1.82) is 0 Å². The van der Waals surface area contributed by atoms with Crippen LogP contribution in [0.25, 0.3) is 0 Å². The van der Waals surface area contributed by atoms with Crippen LogP contribution in [0.2, 0.25) is 5.02 Å². The van der Waals surface area contributed by atoms with Gasteiger partial charge in [-0.1, -0.05) is 32.4 Å². The van der Waals surface area contributed by atoms with E-state index in [9.17, 15) is 8.42 Å². The van der Waals surface area contributed by atoms with Gasteiger partial charge in [-0.25, -0.2) is 12.7 Å². The fraction of sp³-hybridized carbons (Fsp3) is 0.571. The van der Waals surface area contributed by atoms with E-state index < -0.39 is 10.0 Å². The van der Waals surface area contributed by atoms with Crippen LogP contribution in [0.15, 0.2) is 23.1 Å². The first-order chi connectivity index (χ1) is 9.28. The highest BCUT2D eigenvalue weighted by atomic mass is 35.5. The van der Waals surface area contributed by atoms with E-state index in [1.807, 2.05) is 20.8 Å². The van der Waals surface area contributed by atoms with Crippen molar-refractivity contribution in [2.24, 2.45) is 5.92 Å². The number of rotatable bonds is 7. The number of halogens is 1. The Morgan fingerprint density at radius 2 is 2.00 bits per heavy atom. The zero-order valence-electron chi connectivity index (χ0n) is 12.5. The summed E-state index contributed by atoms with van der Waals surface area (Å²) in [7, 11) is -1.85. The predicted octanol–water partition coefficient (Wildman–Crippen LogP) is 2.73. The summed E-state index contributed by atoms with van der Waals surface area (Å²) >= 11 is 6.10. The first-order valence-corrected chi connectivity index (χ1v) is 8.56. The van der Waals surface area contributed by atoms with Crippen molar-refractivity contribution in [3.05, 3.63) is 28.8 Å². The molecule has 1 aromatic rings. The molecule has 0 fully saturated rings. The Labute approximate surface area is 127 Å². The lowest BCUT2D eigenvalue weighted by molar-refractivity contribution is 0.417. The SMILES string of the molecule is CCNCc1cc(S(=O)(=O)N(C)CC(C)C)ccc1Cl. The number of sulfonamides is 1. The second-order valence-electron chi connectivity index (χ2n) is 5.21. The van der Waals surface area contributed by atoms with Gasteiger partial charge in [0.15, 0.2) is 0 Å². The molecule has 6 heteroatoms. The molecule has 0 aliphatic carbocycles. The number of nitrogens with zero attached hydrogens (tertiary/aromatic N) is 1. The van der Waals surface area contributed by atoms with Gasteiger partial charge in [0.1, 0.15) is 0 Å². The minimum Gasteiger partial charge on any atom is -0.313 e. The van der Waals surface area contributed by atoms with Gasteiger partial charge < -0.3 is 5.32 Å². The summed E-state index contributed by atoms with van der Waals surface area (Å²) < 4.78 is 26.3. The molecule has 0 bridgehead atoms. The molecule has 20 heavy (non-hydrogen) atoms. The Hall–Kier alpha value is -0.620. The largest absolute Gasteiger partial charge is 0.313 e. The highest BCUT2D eigenvalue weighted by Gasteiger charge is 2.22.